The summed E-state index contributed by atoms with van der Waals surface area (Å²) < 4.78 is 13.0. The molecule has 29 heavy (non-hydrogen) atoms. The van der Waals surface area contributed by atoms with E-state index in [9.17, 15) is 14.0 Å². The second-order valence-electron chi connectivity index (χ2n) is 6.91. The van der Waals surface area contributed by atoms with Crippen LogP contribution in [-0.2, 0) is 21.8 Å². The first-order valence-electron chi connectivity index (χ1n) is 9.94. The van der Waals surface area contributed by atoms with Crippen molar-refractivity contribution in [3.05, 3.63) is 71.5 Å². The molecule has 0 saturated carbocycles. The SMILES string of the molecule is CCCNC(=O)[C@@H](C)N(CCc1ccccc1)C(=O)CSCc1ccc(F)cc1. The fraction of sp³-hybridized carbons (Fsp3) is 0.391. The maximum Gasteiger partial charge on any atom is 0.242 e. The van der Waals surface area contributed by atoms with Crippen LogP contribution < -0.4 is 5.32 Å². The Kier molecular flexibility index (Phi) is 9.71. The van der Waals surface area contributed by atoms with Crippen LogP contribution in [0.1, 0.15) is 31.4 Å². The summed E-state index contributed by atoms with van der Waals surface area (Å²) in [5.74, 6) is 0.435. The molecule has 1 atom stereocenters. The molecule has 156 valence electrons. The Labute approximate surface area is 176 Å². The highest BCUT2D eigenvalue weighted by Crippen LogP contribution is 2.15. The zero-order chi connectivity index (χ0) is 21.1. The number of hydrogen-bond donors (Lipinski definition) is 1. The molecule has 4 nitrogen and oxygen atoms in total. The first-order valence-corrected chi connectivity index (χ1v) is 11.1. The normalized spacial score (nSPS) is 11.7. The lowest BCUT2D eigenvalue weighted by Crippen LogP contribution is -2.49. The third-order valence-corrected chi connectivity index (χ3v) is 5.60. The molecule has 0 fully saturated rings. The van der Waals surface area contributed by atoms with Gasteiger partial charge in [0.25, 0.3) is 0 Å². The first-order chi connectivity index (χ1) is 14.0. The van der Waals surface area contributed by atoms with Crippen molar-refractivity contribution in [1.82, 2.24) is 10.2 Å². The second-order valence-corrected chi connectivity index (χ2v) is 7.89. The smallest absolute Gasteiger partial charge is 0.242 e. The van der Waals surface area contributed by atoms with Crippen LogP contribution in [0.4, 0.5) is 4.39 Å². The number of nitrogens with zero attached hydrogens (tertiary/aromatic N) is 1. The summed E-state index contributed by atoms with van der Waals surface area (Å²) in [7, 11) is 0. The van der Waals surface area contributed by atoms with Crippen LogP contribution in [0.3, 0.4) is 0 Å². The second kappa shape index (κ2) is 12.3. The third-order valence-electron chi connectivity index (χ3n) is 4.61. The number of benzene rings is 2. The molecule has 0 saturated heterocycles. The molecule has 1 N–H and O–H groups in total. The Hall–Kier alpha value is -2.34. The number of halogens is 1. The van der Waals surface area contributed by atoms with Gasteiger partial charge < -0.3 is 10.2 Å². The molecule has 2 aromatic carbocycles. The van der Waals surface area contributed by atoms with Gasteiger partial charge in [0.1, 0.15) is 11.9 Å². The summed E-state index contributed by atoms with van der Waals surface area (Å²) in [6, 6.07) is 15.7. The highest BCUT2D eigenvalue weighted by atomic mass is 32.2. The average molecular weight is 417 g/mol. The van der Waals surface area contributed by atoms with Gasteiger partial charge in [-0.3, -0.25) is 9.59 Å². The van der Waals surface area contributed by atoms with Crippen molar-refractivity contribution in [2.45, 2.75) is 38.5 Å². The lowest BCUT2D eigenvalue weighted by Gasteiger charge is -2.28. The van der Waals surface area contributed by atoms with Crippen LogP contribution in [-0.4, -0.2) is 41.6 Å². The van der Waals surface area contributed by atoms with E-state index in [0.29, 0.717) is 25.3 Å². The van der Waals surface area contributed by atoms with Gasteiger partial charge in [-0.1, -0.05) is 49.4 Å². The molecule has 2 rings (SSSR count). The largest absolute Gasteiger partial charge is 0.354 e. The van der Waals surface area contributed by atoms with E-state index in [1.54, 1.807) is 24.0 Å². The van der Waals surface area contributed by atoms with Crippen molar-refractivity contribution in [2.75, 3.05) is 18.8 Å². The van der Waals surface area contributed by atoms with Crippen LogP contribution in [0.5, 0.6) is 0 Å². The van der Waals surface area contributed by atoms with E-state index < -0.39 is 6.04 Å². The highest BCUT2D eigenvalue weighted by Gasteiger charge is 2.25. The van der Waals surface area contributed by atoms with E-state index in [-0.39, 0.29) is 23.4 Å². The quantitative estimate of drug-likeness (QED) is 0.601. The average Bonchev–Trinajstić information content (AvgIpc) is 2.74. The van der Waals surface area contributed by atoms with Crippen LogP contribution in [0.25, 0.3) is 0 Å². The van der Waals surface area contributed by atoms with Crippen molar-refractivity contribution in [1.29, 1.82) is 0 Å². The van der Waals surface area contributed by atoms with E-state index in [1.807, 2.05) is 37.3 Å². The van der Waals surface area contributed by atoms with Gasteiger partial charge in [-0.15, -0.1) is 11.8 Å². The molecule has 6 heteroatoms. The van der Waals surface area contributed by atoms with Crippen molar-refractivity contribution >= 4 is 23.6 Å². The minimum absolute atomic E-state index is 0.0628. The molecule has 0 aliphatic carbocycles. The molecule has 0 aromatic heterocycles. The molecule has 2 amide bonds. The monoisotopic (exact) mass is 416 g/mol. The Balaban J connectivity index is 1.96. The van der Waals surface area contributed by atoms with Crippen LogP contribution in [0.2, 0.25) is 0 Å². The van der Waals surface area contributed by atoms with Gasteiger partial charge in [0, 0.05) is 18.8 Å². The number of carbonyl (C=O) groups excluding carboxylic acids is 2. The minimum atomic E-state index is -0.524. The van der Waals surface area contributed by atoms with Gasteiger partial charge in [-0.25, -0.2) is 4.39 Å². The Bertz CT molecular complexity index is 768. The van der Waals surface area contributed by atoms with Gasteiger partial charge in [0.05, 0.1) is 5.75 Å². The standard InChI is InChI=1S/C23H29FN2O2S/c1-3-14-25-23(28)18(2)26(15-13-19-7-5-4-6-8-19)22(27)17-29-16-20-9-11-21(24)12-10-20/h4-12,18H,3,13-17H2,1-2H3,(H,25,28)/t18-/m1/s1. The van der Waals surface area contributed by atoms with Crippen molar-refractivity contribution in [3.8, 4) is 0 Å². The van der Waals surface area contributed by atoms with E-state index in [2.05, 4.69) is 5.32 Å². The summed E-state index contributed by atoms with van der Waals surface area (Å²) in [6.07, 6.45) is 1.55. The molecule has 0 bridgehead atoms. The number of thioether (sulfide) groups is 1. The van der Waals surface area contributed by atoms with E-state index >= 15 is 0 Å². The molecule has 0 unspecified atom stereocenters. The summed E-state index contributed by atoms with van der Waals surface area (Å²) >= 11 is 1.47. The third kappa shape index (κ3) is 7.89. The molecule has 0 aliphatic heterocycles. The van der Waals surface area contributed by atoms with E-state index in [4.69, 9.17) is 0 Å². The fourth-order valence-corrected chi connectivity index (χ4v) is 3.76. The van der Waals surface area contributed by atoms with Gasteiger partial charge in [0.15, 0.2) is 0 Å². The van der Waals surface area contributed by atoms with Gasteiger partial charge >= 0.3 is 0 Å². The van der Waals surface area contributed by atoms with Crippen molar-refractivity contribution in [2.24, 2.45) is 0 Å². The van der Waals surface area contributed by atoms with E-state index in [0.717, 1.165) is 17.5 Å². The molecule has 0 spiro atoms. The lowest BCUT2D eigenvalue weighted by atomic mass is 10.1. The zero-order valence-corrected chi connectivity index (χ0v) is 17.9. The Morgan fingerprint density at radius 3 is 2.41 bits per heavy atom. The molecular formula is C23H29FN2O2S. The molecular weight excluding hydrogens is 387 g/mol. The fourth-order valence-electron chi connectivity index (χ4n) is 2.89. The van der Waals surface area contributed by atoms with Gasteiger partial charge in [-0.05, 0) is 43.0 Å². The van der Waals surface area contributed by atoms with Crippen molar-refractivity contribution < 1.29 is 14.0 Å². The summed E-state index contributed by atoms with van der Waals surface area (Å²) in [4.78, 5) is 27.0. The maximum absolute atomic E-state index is 13.0. The number of hydrogen-bond acceptors (Lipinski definition) is 3. The first kappa shape index (κ1) is 22.9. The minimum Gasteiger partial charge on any atom is -0.354 e. The van der Waals surface area contributed by atoms with Crippen molar-refractivity contribution in [3.63, 3.8) is 0 Å². The lowest BCUT2D eigenvalue weighted by molar-refractivity contribution is -0.137. The molecule has 0 aliphatic rings. The van der Waals surface area contributed by atoms with Crippen LogP contribution in [0, 0.1) is 5.82 Å². The van der Waals surface area contributed by atoms with E-state index in [1.165, 1.54) is 23.9 Å². The summed E-state index contributed by atoms with van der Waals surface area (Å²) in [6.45, 7) is 4.86. The summed E-state index contributed by atoms with van der Waals surface area (Å²) in [5, 5.41) is 2.88. The summed E-state index contributed by atoms with van der Waals surface area (Å²) in [5.41, 5.74) is 2.10. The van der Waals surface area contributed by atoms with Gasteiger partial charge in [0.2, 0.25) is 11.8 Å². The number of rotatable bonds is 11. The van der Waals surface area contributed by atoms with Crippen LogP contribution in [0.15, 0.2) is 54.6 Å². The Morgan fingerprint density at radius 2 is 1.76 bits per heavy atom. The highest BCUT2D eigenvalue weighted by molar-refractivity contribution is 7.99. The number of nitrogens with one attached hydrogen (secondary N) is 1. The maximum atomic E-state index is 13.0. The molecule has 2 aromatic rings. The topological polar surface area (TPSA) is 49.4 Å². The zero-order valence-electron chi connectivity index (χ0n) is 17.1. The molecule has 0 radical (unpaired) electrons. The predicted octanol–water partition coefficient (Wildman–Crippen LogP) is 4.04. The number of amides is 2. The van der Waals surface area contributed by atoms with Gasteiger partial charge in [-0.2, -0.15) is 0 Å². The predicted molar refractivity (Wildman–Crippen MR) is 117 cm³/mol. The Morgan fingerprint density at radius 1 is 1.07 bits per heavy atom. The van der Waals surface area contributed by atoms with Crippen LogP contribution >= 0.6 is 11.8 Å². The molecule has 0 heterocycles. The number of carbonyl (C=O) groups is 2.